The summed E-state index contributed by atoms with van der Waals surface area (Å²) in [7, 11) is 0. The SMILES string of the molecule is Cc1ccc(C2=NC3(CCN(C(=O)c4ccc[nH]4)CC3)ON2)cc1. The van der Waals surface area contributed by atoms with Gasteiger partial charge in [-0.15, -0.1) is 0 Å². The lowest BCUT2D eigenvalue weighted by molar-refractivity contribution is -0.0850. The first-order chi connectivity index (χ1) is 11.7. The molecule has 124 valence electrons. The maximum Gasteiger partial charge on any atom is 0.270 e. The number of amides is 1. The highest BCUT2D eigenvalue weighted by atomic mass is 16.7. The molecule has 2 aliphatic heterocycles. The molecule has 6 nitrogen and oxygen atoms in total. The number of carbonyl (C=O) groups is 1. The molecule has 2 aliphatic rings. The van der Waals surface area contributed by atoms with E-state index in [4.69, 9.17) is 9.83 Å². The number of likely N-dealkylation sites (tertiary alicyclic amines) is 1. The molecule has 2 N–H and O–H groups in total. The summed E-state index contributed by atoms with van der Waals surface area (Å²) in [5.74, 6) is 0.794. The Morgan fingerprint density at radius 2 is 1.96 bits per heavy atom. The van der Waals surface area contributed by atoms with E-state index < -0.39 is 5.72 Å². The van der Waals surface area contributed by atoms with Crippen molar-refractivity contribution in [2.75, 3.05) is 13.1 Å². The van der Waals surface area contributed by atoms with E-state index in [-0.39, 0.29) is 5.91 Å². The second kappa shape index (κ2) is 5.79. The van der Waals surface area contributed by atoms with Crippen LogP contribution in [-0.4, -0.2) is 40.4 Å². The minimum atomic E-state index is -0.563. The molecule has 1 aromatic heterocycles. The highest BCUT2D eigenvalue weighted by Crippen LogP contribution is 2.31. The van der Waals surface area contributed by atoms with Gasteiger partial charge in [0.15, 0.2) is 11.6 Å². The maximum absolute atomic E-state index is 12.4. The number of aromatic nitrogens is 1. The van der Waals surface area contributed by atoms with Gasteiger partial charge in [-0.2, -0.15) is 0 Å². The zero-order valence-corrected chi connectivity index (χ0v) is 13.6. The maximum atomic E-state index is 12.4. The van der Waals surface area contributed by atoms with E-state index in [1.54, 1.807) is 12.3 Å². The smallest absolute Gasteiger partial charge is 0.270 e. The number of benzene rings is 1. The Balaban J connectivity index is 1.45. The predicted molar refractivity (Wildman–Crippen MR) is 90.6 cm³/mol. The monoisotopic (exact) mass is 324 g/mol. The molecule has 1 fully saturated rings. The van der Waals surface area contributed by atoms with Crippen molar-refractivity contribution in [3.8, 4) is 0 Å². The van der Waals surface area contributed by atoms with Crippen LogP contribution in [0.3, 0.4) is 0 Å². The lowest BCUT2D eigenvalue weighted by atomic mass is 10.0. The van der Waals surface area contributed by atoms with Crippen LogP contribution >= 0.6 is 0 Å². The van der Waals surface area contributed by atoms with Crippen LogP contribution in [0.1, 0.15) is 34.5 Å². The van der Waals surface area contributed by atoms with Gasteiger partial charge in [-0.05, 0) is 19.1 Å². The third-order valence-corrected chi connectivity index (χ3v) is 4.64. The van der Waals surface area contributed by atoms with Gasteiger partial charge in [-0.25, -0.2) is 15.3 Å². The average molecular weight is 324 g/mol. The molecule has 0 bridgehead atoms. The number of amidine groups is 1. The molecule has 4 rings (SSSR count). The molecule has 6 heteroatoms. The summed E-state index contributed by atoms with van der Waals surface area (Å²) < 4.78 is 0. The lowest BCUT2D eigenvalue weighted by Crippen LogP contribution is -2.46. The average Bonchev–Trinajstić information content (AvgIpc) is 3.26. The molecule has 0 aliphatic carbocycles. The van der Waals surface area contributed by atoms with Crippen LogP contribution in [0.4, 0.5) is 0 Å². The van der Waals surface area contributed by atoms with E-state index in [0.29, 0.717) is 31.6 Å². The molecule has 1 spiro atoms. The predicted octanol–water partition coefficient (Wildman–Crippen LogP) is 2.24. The van der Waals surface area contributed by atoms with Crippen LogP contribution in [0.25, 0.3) is 0 Å². The van der Waals surface area contributed by atoms with Crippen LogP contribution in [0.5, 0.6) is 0 Å². The van der Waals surface area contributed by atoms with Gasteiger partial charge >= 0.3 is 0 Å². The summed E-state index contributed by atoms with van der Waals surface area (Å²) in [6.07, 6.45) is 3.13. The number of aromatic amines is 1. The Kier molecular flexibility index (Phi) is 3.61. The fraction of sp³-hybridized carbons (Fsp3) is 0.333. The van der Waals surface area contributed by atoms with Crippen molar-refractivity contribution in [2.24, 2.45) is 4.99 Å². The Bertz CT molecular complexity index is 757. The quantitative estimate of drug-likeness (QED) is 0.890. The number of aryl methyl sites for hydroxylation is 1. The highest BCUT2D eigenvalue weighted by Gasteiger charge is 2.41. The minimum absolute atomic E-state index is 0.0311. The van der Waals surface area contributed by atoms with Crippen molar-refractivity contribution in [1.29, 1.82) is 0 Å². The molecule has 0 saturated carbocycles. The van der Waals surface area contributed by atoms with E-state index in [9.17, 15) is 4.79 Å². The van der Waals surface area contributed by atoms with Crippen LogP contribution < -0.4 is 5.48 Å². The van der Waals surface area contributed by atoms with E-state index in [1.165, 1.54) is 5.56 Å². The first kappa shape index (κ1) is 15.0. The van der Waals surface area contributed by atoms with Gasteiger partial charge in [0, 0.05) is 37.7 Å². The Hall–Kier alpha value is -2.60. The number of aliphatic imine (C=N–C) groups is 1. The number of rotatable bonds is 2. The normalized spacial score (nSPS) is 19.2. The molecular formula is C18H20N4O2. The Morgan fingerprint density at radius 1 is 1.21 bits per heavy atom. The van der Waals surface area contributed by atoms with Gasteiger partial charge in [-0.3, -0.25) is 4.79 Å². The van der Waals surface area contributed by atoms with Crippen LogP contribution in [0.15, 0.2) is 47.6 Å². The van der Waals surface area contributed by atoms with Gasteiger partial charge in [0.1, 0.15) is 5.69 Å². The number of piperidine rings is 1. The molecule has 0 unspecified atom stereocenters. The van der Waals surface area contributed by atoms with E-state index >= 15 is 0 Å². The molecule has 1 saturated heterocycles. The summed E-state index contributed by atoms with van der Waals surface area (Å²) in [5, 5.41) is 0. The van der Waals surface area contributed by atoms with Crippen molar-refractivity contribution in [2.45, 2.75) is 25.5 Å². The van der Waals surface area contributed by atoms with Crippen molar-refractivity contribution in [3.05, 3.63) is 59.4 Å². The minimum Gasteiger partial charge on any atom is -0.357 e. The number of hydroxylamine groups is 1. The van der Waals surface area contributed by atoms with E-state index in [1.807, 2.05) is 23.1 Å². The van der Waals surface area contributed by atoms with Gasteiger partial charge in [0.05, 0.1) is 0 Å². The molecule has 2 aromatic rings. The summed E-state index contributed by atoms with van der Waals surface area (Å²) in [6.45, 7) is 3.32. The summed E-state index contributed by atoms with van der Waals surface area (Å²) >= 11 is 0. The van der Waals surface area contributed by atoms with Crippen molar-refractivity contribution in [1.82, 2.24) is 15.4 Å². The fourth-order valence-electron chi connectivity index (χ4n) is 3.13. The van der Waals surface area contributed by atoms with Crippen molar-refractivity contribution in [3.63, 3.8) is 0 Å². The largest absolute Gasteiger partial charge is 0.357 e. The number of hydrogen-bond acceptors (Lipinski definition) is 4. The molecule has 3 heterocycles. The second-order valence-electron chi connectivity index (χ2n) is 6.35. The van der Waals surface area contributed by atoms with Gasteiger partial charge in [0.2, 0.25) is 0 Å². The molecule has 24 heavy (non-hydrogen) atoms. The summed E-state index contributed by atoms with van der Waals surface area (Å²) in [4.78, 5) is 27.8. The molecule has 1 amide bonds. The van der Waals surface area contributed by atoms with E-state index in [2.05, 4.69) is 29.5 Å². The Labute approximate surface area is 140 Å². The zero-order chi connectivity index (χ0) is 16.6. The van der Waals surface area contributed by atoms with Gasteiger partial charge < -0.3 is 9.88 Å². The summed E-state index contributed by atoms with van der Waals surface area (Å²) in [6, 6.07) is 11.8. The Morgan fingerprint density at radius 3 is 2.62 bits per heavy atom. The molecule has 0 radical (unpaired) electrons. The number of nitrogens with one attached hydrogen (secondary N) is 2. The highest BCUT2D eigenvalue weighted by molar-refractivity contribution is 5.99. The van der Waals surface area contributed by atoms with Crippen LogP contribution in [0, 0.1) is 6.92 Å². The van der Waals surface area contributed by atoms with Crippen molar-refractivity contribution >= 4 is 11.7 Å². The zero-order valence-electron chi connectivity index (χ0n) is 13.6. The fourth-order valence-corrected chi connectivity index (χ4v) is 3.13. The molecule has 1 aromatic carbocycles. The van der Waals surface area contributed by atoms with E-state index in [0.717, 1.165) is 11.4 Å². The molecule has 0 atom stereocenters. The van der Waals surface area contributed by atoms with Crippen LogP contribution in [-0.2, 0) is 4.84 Å². The number of hydrogen-bond donors (Lipinski definition) is 2. The third kappa shape index (κ3) is 2.69. The van der Waals surface area contributed by atoms with Gasteiger partial charge in [-0.1, -0.05) is 29.8 Å². The van der Waals surface area contributed by atoms with Crippen molar-refractivity contribution < 1.29 is 9.63 Å². The number of nitrogens with zero attached hydrogens (tertiary/aromatic N) is 2. The standard InChI is InChI=1S/C18H20N4O2/c1-13-4-6-14(7-5-13)16-20-18(24-21-16)8-11-22(12-9-18)17(23)15-3-2-10-19-15/h2-7,10,19H,8-9,11-12H2,1H3,(H,20,21). The lowest BCUT2D eigenvalue weighted by Gasteiger charge is -2.35. The third-order valence-electron chi connectivity index (χ3n) is 4.64. The molecular weight excluding hydrogens is 304 g/mol. The first-order valence-electron chi connectivity index (χ1n) is 8.19. The van der Waals surface area contributed by atoms with Gasteiger partial charge in [0.25, 0.3) is 5.91 Å². The summed E-state index contributed by atoms with van der Waals surface area (Å²) in [5.41, 5.74) is 5.26. The van der Waals surface area contributed by atoms with Crippen LogP contribution in [0.2, 0.25) is 0 Å². The number of carbonyl (C=O) groups excluding carboxylic acids is 1. The topological polar surface area (TPSA) is 69.7 Å². The number of H-pyrrole nitrogens is 1. The second-order valence-corrected chi connectivity index (χ2v) is 6.35. The first-order valence-corrected chi connectivity index (χ1v) is 8.19.